The molecule has 0 aromatic carbocycles. The summed E-state index contributed by atoms with van der Waals surface area (Å²) in [6.45, 7) is 1.85. The van der Waals surface area contributed by atoms with Gasteiger partial charge in [0, 0.05) is 0 Å². The van der Waals surface area contributed by atoms with E-state index in [9.17, 15) is 0 Å². The van der Waals surface area contributed by atoms with Crippen molar-refractivity contribution < 1.29 is 9.94 Å². The van der Waals surface area contributed by atoms with E-state index in [4.69, 9.17) is 9.94 Å². The predicted molar refractivity (Wildman–Crippen MR) is 48.2 cm³/mol. The summed E-state index contributed by atoms with van der Waals surface area (Å²) >= 11 is 0. The van der Waals surface area contributed by atoms with Crippen molar-refractivity contribution in [2.75, 3.05) is 6.61 Å². The number of oxime groups is 1. The fraction of sp³-hybridized carbons (Fsp3) is 0.889. The van der Waals surface area contributed by atoms with E-state index >= 15 is 0 Å². The number of rotatable bonds is 3. The van der Waals surface area contributed by atoms with Gasteiger partial charge in [-0.15, -0.1) is 0 Å². The summed E-state index contributed by atoms with van der Waals surface area (Å²) in [6, 6.07) is 0. The van der Waals surface area contributed by atoms with Gasteiger partial charge in [-0.3, -0.25) is 0 Å². The molecule has 0 heterocycles. The fourth-order valence-electron chi connectivity index (χ4n) is 1.25. The number of hydrogen-bond acceptors (Lipinski definition) is 3. The summed E-state index contributed by atoms with van der Waals surface area (Å²) < 4.78 is 0. The first-order valence-electron chi connectivity index (χ1n) is 4.65. The molecule has 0 aliphatic heterocycles. The van der Waals surface area contributed by atoms with E-state index in [0.717, 1.165) is 18.6 Å². The zero-order valence-corrected chi connectivity index (χ0v) is 7.62. The first-order chi connectivity index (χ1) is 5.83. The topological polar surface area (TPSA) is 41.8 Å². The molecular formula is C9H17NO2. The monoisotopic (exact) mass is 171 g/mol. The molecule has 0 aromatic heterocycles. The summed E-state index contributed by atoms with van der Waals surface area (Å²) in [4.78, 5) is 5.07. The zero-order valence-electron chi connectivity index (χ0n) is 7.62. The lowest BCUT2D eigenvalue weighted by atomic mass is 9.99. The van der Waals surface area contributed by atoms with Crippen molar-refractivity contribution in [2.24, 2.45) is 5.16 Å². The average Bonchev–Trinajstić information content (AvgIpc) is 2.16. The van der Waals surface area contributed by atoms with Crippen LogP contribution in [0.5, 0.6) is 0 Å². The molecule has 12 heavy (non-hydrogen) atoms. The molecule has 1 saturated carbocycles. The van der Waals surface area contributed by atoms with Gasteiger partial charge in [0.15, 0.2) is 0 Å². The lowest BCUT2D eigenvalue weighted by Gasteiger charge is -2.13. The molecular weight excluding hydrogens is 154 g/mol. The van der Waals surface area contributed by atoms with Crippen molar-refractivity contribution in [3.63, 3.8) is 0 Å². The minimum Gasteiger partial charge on any atom is -0.392 e. The second kappa shape index (κ2) is 5.14. The van der Waals surface area contributed by atoms with Gasteiger partial charge in [-0.2, -0.15) is 0 Å². The largest absolute Gasteiger partial charge is 0.392 e. The van der Waals surface area contributed by atoms with Gasteiger partial charge in [0.2, 0.25) is 0 Å². The molecule has 1 aliphatic rings. The van der Waals surface area contributed by atoms with Gasteiger partial charge < -0.3 is 9.94 Å². The van der Waals surface area contributed by atoms with Crippen LogP contribution in [-0.4, -0.2) is 23.5 Å². The summed E-state index contributed by atoms with van der Waals surface area (Å²) in [7, 11) is 0. The third kappa shape index (κ3) is 3.22. The SMILES string of the molecule is CC(CO)ON=C1CCCCC1. The molecule has 0 spiro atoms. The number of aliphatic hydroxyl groups is 1. The van der Waals surface area contributed by atoms with Crippen molar-refractivity contribution in [3.05, 3.63) is 0 Å². The van der Waals surface area contributed by atoms with E-state index in [0.29, 0.717) is 0 Å². The lowest BCUT2D eigenvalue weighted by molar-refractivity contribution is 0.0281. The second-order valence-corrected chi connectivity index (χ2v) is 3.32. The molecule has 1 rings (SSSR count). The standard InChI is InChI=1S/C9H17NO2/c1-8(7-11)12-10-9-5-3-2-4-6-9/h8,11H,2-7H2,1H3. The molecule has 1 unspecified atom stereocenters. The van der Waals surface area contributed by atoms with E-state index in [1.165, 1.54) is 19.3 Å². The van der Waals surface area contributed by atoms with Crippen molar-refractivity contribution in [1.82, 2.24) is 0 Å². The number of nitrogens with zero attached hydrogens (tertiary/aromatic N) is 1. The normalized spacial score (nSPS) is 20.3. The van der Waals surface area contributed by atoms with Crippen LogP contribution in [0.4, 0.5) is 0 Å². The Hall–Kier alpha value is -0.570. The Bertz CT molecular complexity index is 149. The minimum absolute atomic E-state index is 0.0385. The Morgan fingerprint density at radius 3 is 2.67 bits per heavy atom. The van der Waals surface area contributed by atoms with E-state index in [1.807, 2.05) is 6.92 Å². The average molecular weight is 171 g/mol. The third-order valence-electron chi connectivity index (χ3n) is 2.05. The first kappa shape index (κ1) is 9.52. The molecule has 0 bridgehead atoms. The van der Waals surface area contributed by atoms with Crippen LogP contribution in [-0.2, 0) is 4.84 Å². The fourth-order valence-corrected chi connectivity index (χ4v) is 1.25. The summed E-state index contributed by atoms with van der Waals surface area (Å²) in [5.41, 5.74) is 1.15. The van der Waals surface area contributed by atoms with E-state index in [-0.39, 0.29) is 12.7 Å². The van der Waals surface area contributed by atoms with Crippen molar-refractivity contribution >= 4 is 5.71 Å². The van der Waals surface area contributed by atoms with Crippen molar-refractivity contribution in [2.45, 2.75) is 45.1 Å². The molecule has 0 amide bonds. The first-order valence-corrected chi connectivity index (χ1v) is 4.65. The Morgan fingerprint density at radius 1 is 1.42 bits per heavy atom. The van der Waals surface area contributed by atoms with Gasteiger partial charge in [-0.05, 0) is 32.6 Å². The Kier molecular flexibility index (Phi) is 4.08. The minimum atomic E-state index is -0.167. The Balaban J connectivity index is 2.24. The Labute approximate surface area is 73.4 Å². The maximum Gasteiger partial charge on any atom is 0.147 e. The van der Waals surface area contributed by atoms with Crippen molar-refractivity contribution in [1.29, 1.82) is 0 Å². The molecule has 1 N–H and O–H groups in total. The van der Waals surface area contributed by atoms with E-state index < -0.39 is 0 Å². The van der Waals surface area contributed by atoms with Crippen LogP contribution in [0, 0.1) is 0 Å². The lowest BCUT2D eigenvalue weighted by Crippen LogP contribution is -2.12. The van der Waals surface area contributed by atoms with Crippen LogP contribution >= 0.6 is 0 Å². The smallest absolute Gasteiger partial charge is 0.147 e. The molecule has 3 nitrogen and oxygen atoms in total. The molecule has 0 radical (unpaired) electrons. The summed E-state index contributed by atoms with van der Waals surface area (Å²) in [5.74, 6) is 0. The molecule has 70 valence electrons. The van der Waals surface area contributed by atoms with Gasteiger partial charge in [0.1, 0.15) is 6.10 Å². The highest BCUT2D eigenvalue weighted by Gasteiger charge is 2.07. The quantitative estimate of drug-likeness (QED) is 0.657. The molecule has 1 aliphatic carbocycles. The van der Waals surface area contributed by atoms with Crippen LogP contribution in [0.3, 0.4) is 0 Å². The van der Waals surface area contributed by atoms with Gasteiger partial charge >= 0.3 is 0 Å². The summed E-state index contributed by atoms with van der Waals surface area (Å²) in [6.07, 6.45) is 5.75. The highest BCUT2D eigenvalue weighted by Crippen LogP contribution is 2.15. The summed E-state index contributed by atoms with van der Waals surface area (Å²) in [5, 5.41) is 12.7. The number of aliphatic hydroxyl groups excluding tert-OH is 1. The highest BCUT2D eigenvalue weighted by atomic mass is 16.6. The Morgan fingerprint density at radius 2 is 2.08 bits per heavy atom. The highest BCUT2D eigenvalue weighted by molar-refractivity contribution is 5.84. The third-order valence-corrected chi connectivity index (χ3v) is 2.05. The van der Waals surface area contributed by atoms with Crippen molar-refractivity contribution in [3.8, 4) is 0 Å². The van der Waals surface area contributed by atoms with Gasteiger partial charge in [0.05, 0.1) is 12.3 Å². The van der Waals surface area contributed by atoms with Gasteiger partial charge in [-0.1, -0.05) is 11.6 Å². The van der Waals surface area contributed by atoms with E-state index in [1.54, 1.807) is 0 Å². The molecule has 0 saturated heterocycles. The van der Waals surface area contributed by atoms with E-state index in [2.05, 4.69) is 5.16 Å². The molecule has 0 aromatic rings. The van der Waals surface area contributed by atoms with Crippen LogP contribution in [0.1, 0.15) is 39.0 Å². The maximum absolute atomic E-state index is 8.67. The van der Waals surface area contributed by atoms with Crippen LogP contribution in [0.25, 0.3) is 0 Å². The van der Waals surface area contributed by atoms with Crippen LogP contribution in [0.2, 0.25) is 0 Å². The van der Waals surface area contributed by atoms with Crippen LogP contribution < -0.4 is 0 Å². The van der Waals surface area contributed by atoms with Gasteiger partial charge in [0.25, 0.3) is 0 Å². The molecule has 1 atom stereocenters. The van der Waals surface area contributed by atoms with Gasteiger partial charge in [-0.25, -0.2) is 0 Å². The molecule has 1 fully saturated rings. The predicted octanol–water partition coefficient (Wildman–Crippen LogP) is 1.70. The zero-order chi connectivity index (χ0) is 8.81. The second-order valence-electron chi connectivity index (χ2n) is 3.32. The number of hydrogen-bond donors (Lipinski definition) is 1. The van der Waals surface area contributed by atoms with Crippen LogP contribution in [0.15, 0.2) is 5.16 Å². The molecule has 3 heteroatoms. The maximum atomic E-state index is 8.67.